The van der Waals surface area contributed by atoms with Crippen LogP contribution in [0.25, 0.3) is 0 Å². The molecule has 0 aliphatic carbocycles. The van der Waals surface area contributed by atoms with Gasteiger partial charge in [0.1, 0.15) is 5.82 Å². The van der Waals surface area contributed by atoms with Crippen molar-refractivity contribution in [2.75, 3.05) is 4.72 Å². The highest BCUT2D eigenvalue weighted by molar-refractivity contribution is 7.92. The van der Waals surface area contributed by atoms with Gasteiger partial charge in [0.05, 0.1) is 11.1 Å². The van der Waals surface area contributed by atoms with Gasteiger partial charge in [-0.2, -0.15) is 5.10 Å². The summed E-state index contributed by atoms with van der Waals surface area (Å²) in [7, 11) is -3.63. The Morgan fingerprint density at radius 1 is 0.950 bits per heavy atom. The molecule has 0 aliphatic heterocycles. The third kappa shape index (κ3) is 2.31. The maximum Gasteiger partial charge on any atom is 0.263 e. The molecule has 2 N–H and O–H groups in total. The molecule has 0 amide bonds. The molecule has 0 unspecified atom stereocenters. The molecule has 0 spiro atoms. The van der Waals surface area contributed by atoms with Gasteiger partial charge in [-0.15, -0.1) is 0 Å². The second-order valence-corrected chi connectivity index (χ2v) is 6.65. The molecular formula is C14H19N3O2S. The fourth-order valence-corrected chi connectivity index (χ4v) is 3.99. The third-order valence-electron chi connectivity index (χ3n) is 3.94. The average Bonchev–Trinajstić information content (AvgIpc) is 2.86. The monoisotopic (exact) mass is 293 g/mol. The van der Waals surface area contributed by atoms with Gasteiger partial charge in [-0.1, -0.05) is 0 Å². The summed E-state index contributed by atoms with van der Waals surface area (Å²) in [6.07, 6.45) is 1.50. The van der Waals surface area contributed by atoms with E-state index in [1.807, 2.05) is 34.6 Å². The van der Waals surface area contributed by atoms with Crippen LogP contribution in [0.1, 0.15) is 27.8 Å². The molecule has 1 heterocycles. The molecule has 20 heavy (non-hydrogen) atoms. The summed E-state index contributed by atoms with van der Waals surface area (Å²) in [4.78, 5) is 0.354. The number of aromatic amines is 1. The summed E-state index contributed by atoms with van der Waals surface area (Å²) in [5, 5.41) is 6.34. The van der Waals surface area contributed by atoms with Gasteiger partial charge in [0.2, 0.25) is 0 Å². The Morgan fingerprint density at radius 3 is 1.90 bits per heavy atom. The maximum absolute atomic E-state index is 12.6. The van der Waals surface area contributed by atoms with E-state index in [1.54, 1.807) is 6.07 Å². The Kier molecular flexibility index (Phi) is 3.60. The van der Waals surface area contributed by atoms with Crippen LogP contribution in [0.5, 0.6) is 0 Å². The lowest BCUT2D eigenvalue weighted by atomic mass is 9.95. The van der Waals surface area contributed by atoms with Crippen molar-refractivity contribution in [2.45, 2.75) is 39.5 Å². The largest absolute Gasteiger partial charge is 0.264 e. The van der Waals surface area contributed by atoms with Crippen LogP contribution in [-0.2, 0) is 10.0 Å². The number of rotatable bonds is 3. The minimum atomic E-state index is -3.63. The third-order valence-corrected chi connectivity index (χ3v) is 5.58. The quantitative estimate of drug-likeness (QED) is 0.913. The lowest BCUT2D eigenvalue weighted by Gasteiger charge is -2.18. The van der Waals surface area contributed by atoms with Crippen molar-refractivity contribution in [3.8, 4) is 0 Å². The Balaban J connectivity index is 2.63. The van der Waals surface area contributed by atoms with Crippen LogP contribution in [0.4, 0.5) is 5.82 Å². The summed E-state index contributed by atoms with van der Waals surface area (Å²) in [6.45, 7) is 9.61. The SMILES string of the molecule is Cc1c(C)c(C)c(S(=O)(=O)Nc2ccn[nH]2)c(C)c1C. The van der Waals surface area contributed by atoms with Gasteiger partial charge in [0.15, 0.2) is 0 Å². The first-order valence-electron chi connectivity index (χ1n) is 6.35. The second-order valence-electron chi connectivity index (χ2n) is 5.03. The molecule has 0 fully saturated rings. The summed E-state index contributed by atoms with van der Waals surface area (Å²) in [6, 6.07) is 1.58. The summed E-state index contributed by atoms with van der Waals surface area (Å²) in [5.74, 6) is 0.361. The number of H-pyrrole nitrogens is 1. The van der Waals surface area contributed by atoms with Gasteiger partial charge < -0.3 is 0 Å². The van der Waals surface area contributed by atoms with Gasteiger partial charge in [-0.05, 0) is 62.4 Å². The van der Waals surface area contributed by atoms with Gasteiger partial charge in [-0.3, -0.25) is 9.82 Å². The molecule has 0 saturated carbocycles. The number of benzene rings is 1. The Morgan fingerprint density at radius 2 is 1.45 bits per heavy atom. The molecule has 1 aromatic carbocycles. The predicted molar refractivity (Wildman–Crippen MR) is 79.5 cm³/mol. The number of hydrogen-bond donors (Lipinski definition) is 2. The predicted octanol–water partition coefficient (Wildman–Crippen LogP) is 2.75. The first kappa shape index (κ1) is 14.6. The molecule has 0 saturated heterocycles. The molecule has 1 aromatic heterocycles. The van der Waals surface area contributed by atoms with Crippen LogP contribution in [0.2, 0.25) is 0 Å². The molecule has 0 radical (unpaired) electrons. The van der Waals surface area contributed by atoms with Crippen molar-refractivity contribution in [3.05, 3.63) is 40.1 Å². The highest BCUT2D eigenvalue weighted by atomic mass is 32.2. The lowest BCUT2D eigenvalue weighted by Crippen LogP contribution is -2.18. The van der Waals surface area contributed by atoms with Gasteiger partial charge in [0, 0.05) is 6.07 Å². The van der Waals surface area contributed by atoms with Crippen molar-refractivity contribution in [1.29, 1.82) is 0 Å². The highest BCUT2D eigenvalue weighted by Crippen LogP contribution is 2.30. The topological polar surface area (TPSA) is 74.8 Å². The van der Waals surface area contributed by atoms with Gasteiger partial charge in [0.25, 0.3) is 10.0 Å². The Hall–Kier alpha value is -1.82. The first-order valence-corrected chi connectivity index (χ1v) is 7.83. The second kappa shape index (κ2) is 4.94. The standard InChI is InChI=1S/C14H19N3O2S/c1-8-9(2)11(4)14(12(5)10(8)3)20(18,19)17-13-6-7-15-16-13/h6-7H,1-5H3,(H2,15,16,17). The van der Waals surface area contributed by atoms with Crippen molar-refractivity contribution in [2.24, 2.45) is 0 Å². The highest BCUT2D eigenvalue weighted by Gasteiger charge is 2.23. The van der Waals surface area contributed by atoms with E-state index >= 15 is 0 Å². The van der Waals surface area contributed by atoms with E-state index in [0.717, 1.165) is 27.8 Å². The molecule has 2 aromatic rings. The molecular weight excluding hydrogens is 274 g/mol. The van der Waals surface area contributed by atoms with E-state index in [1.165, 1.54) is 6.20 Å². The van der Waals surface area contributed by atoms with Crippen LogP contribution in [0.15, 0.2) is 17.2 Å². The van der Waals surface area contributed by atoms with E-state index in [9.17, 15) is 8.42 Å². The molecule has 5 nitrogen and oxygen atoms in total. The van der Waals surface area contributed by atoms with E-state index in [-0.39, 0.29) is 0 Å². The Bertz CT molecular complexity index is 718. The van der Waals surface area contributed by atoms with Crippen LogP contribution in [-0.4, -0.2) is 18.6 Å². The number of nitrogens with zero attached hydrogens (tertiary/aromatic N) is 1. The van der Waals surface area contributed by atoms with E-state index in [2.05, 4.69) is 14.9 Å². The molecule has 0 aliphatic rings. The van der Waals surface area contributed by atoms with Crippen molar-refractivity contribution < 1.29 is 8.42 Å². The number of anilines is 1. The van der Waals surface area contributed by atoms with Crippen molar-refractivity contribution in [3.63, 3.8) is 0 Å². The average molecular weight is 293 g/mol. The summed E-state index contributed by atoms with van der Waals surface area (Å²) < 4.78 is 27.7. The number of aromatic nitrogens is 2. The zero-order valence-electron chi connectivity index (χ0n) is 12.3. The van der Waals surface area contributed by atoms with Gasteiger partial charge >= 0.3 is 0 Å². The normalized spacial score (nSPS) is 11.7. The van der Waals surface area contributed by atoms with E-state index < -0.39 is 10.0 Å². The molecule has 0 atom stereocenters. The molecule has 108 valence electrons. The number of hydrogen-bond acceptors (Lipinski definition) is 3. The summed E-state index contributed by atoms with van der Waals surface area (Å²) in [5.41, 5.74) is 4.74. The molecule has 2 rings (SSSR count). The molecule has 6 heteroatoms. The fraction of sp³-hybridized carbons (Fsp3) is 0.357. The van der Waals surface area contributed by atoms with E-state index in [0.29, 0.717) is 10.7 Å². The van der Waals surface area contributed by atoms with Crippen LogP contribution in [0, 0.1) is 34.6 Å². The van der Waals surface area contributed by atoms with Crippen molar-refractivity contribution in [1.82, 2.24) is 10.2 Å². The zero-order chi connectivity index (χ0) is 15.1. The smallest absolute Gasteiger partial charge is 0.263 e. The number of nitrogens with one attached hydrogen (secondary N) is 2. The summed E-state index contributed by atoms with van der Waals surface area (Å²) >= 11 is 0. The van der Waals surface area contributed by atoms with Crippen LogP contribution < -0.4 is 4.72 Å². The minimum absolute atomic E-state index is 0.354. The first-order chi connectivity index (χ1) is 9.25. The Labute approximate surface area is 119 Å². The maximum atomic E-state index is 12.6. The zero-order valence-corrected chi connectivity index (χ0v) is 13.1. The van der Waals surface area contributed by atoms with E-state index in [4.69, 9.17) is 0 Å². The van der Waals surface area contributed by atoms with Crippen molar-refractivity contribution >= 4 is 15.8 Å². The van der Waals surface area contributed by atoms with Crippen LogP contribution >= 0.6 is 0 Å². The van der Waals surface area contributed by atoms with Gasteiger partial charge in [-0.25, -0.2) is 8.42 Å². The molecule has 0 bridgehead atoms. The lowest BCUT2D eigenvalue weighted by molar-refractivity contribution is 0.599. The minimum Gasteiger partial charge on any atom is -0.264 e. The fourth-order valence-electron chi connectivity index (χ4n) is 2.38. The number of sulfonamides is 1. The van der Waals surface area contributed by atoms with Crippen LogP contribution in [0.3, 0.4) is 0 Å².